The van der Waals surface area contributed by atoms with Crippen molar-refractivity contribution >= 4 is 0 Å². The second-order valence-corrected chi connectivity index (χ2v) is 2.85. The van der Waals surface area contributed by atoms with E-state index in [2.05, 4.69) is 10.2 Å². The van der Waals surface area contributed by atoms with Crippen LogP contribution >= 0.6 is 0 Å². The quantitative estimate of drug-likeness (QED) is 0.495. The van der Waals surface area contributed by atoms with Crippen LogP contribution in [0, 0.1) is 0 Å². The van der Waals surface area contributed by atoms with Gasteiger partial charge in [0, 0.05) is 19.0 Å². The van der Waals surface area contributed by atoms with Crippen molar-refractivity contribution in [2.24, 2.45) is 5.73 Å². The average molecular weight is 154 g/mol. The Morgan fingerprint density at radius 2 is 2.55 bits per heavy atom. The molecule has 5 nitrogen and oxygen atoms in total. The Hall–Kier alpha value is -1.10. The number of rotatable bonds is 0. The summed E-state index contributed by atoms with van der Waals surface area (Å²) in [6, 6.07) is 0.165. The van der Waals surface area contributed by atoms with Crippen LogP contribution in [0.4, 0.5) is 0 Å². The molecule has 0 amide bonds. The number of nitrogens with zero attached hydrogens (tertiary/aromatic N) is 2. The van der Waals surface area contributed by atoms with Crippen LogP contribution in [0.2, 0.25) is 0 Å². The van der Waals surface area contributed by atoms with Crippen LogP contribution in [0.15, 0.2) is 4.79 Å². The summed E-state index contributed by atoms with van der Waals surface area (Å²) in [6.07, 6.45) is 1.57. The molecule has 0 radical (unpaired) electrons. The highest BCUT2D eigenvalue weighted by atomic mass is 16.1. The van der Waals surface area contributed by atoms with E-state index in [1.807, 2.05) is 0 Å². The Kier molecular flexibility index (Phi) is 1.32. The standard InChI is InChI=1S/C6H10N4O/c7-4-1-2-10-5(3-4)8-9-6(10)11/h4H,1-3,7H2,(H,9,11). The summed E-state index contributed by atoms with van der Waals surface area (Å²) in [7, 11) is 0. The van der Waals surface area contributed by atoms with E-state index < -0.39 is 0 Å². The summed E-state index contributed by atoms with van der Waals surface area (Å²) < 4.78 is 1.64. The highest BCUT2D eigenvalue weighted by Crippen LogP contribution is 2.07. The molecule has 1 aromatic rings. The lowest BCUT2D eigenvalue weighted by molar-refractivity contribution is 0.456. The van der Waals surface area contributed by atoms with Gasteiger partial charge < -0.3 is 5.73 Å². The lowest BCUT2D eigenvalue weighted by atomic mass is 10.1. The maximum absolute atomic E-state index is 11.0. The van der Waals surface area contributed by atoms with E-state index in [-0.39, 0.29) is 11.7 Å². The fraction of sp³-hybridized carbons (Fsp3) is 0.667. The first kappa shape index (κ1) is 6.60. The molecule has 0 aromatic carbocycles. The highest BCUT2D eigenvalue weighted by molar-refractivity contribution is 4.94. The molecule has 1 aliphatic rings. The van der Waals surface area contributed by atoms with Gasteiger partial charge in [-0.1, -0.05) is 0 Å². The summed E-state index contributed by atoms with van der Waals surface area (Å²) >= 11 is 0. The Morgan fingerprint density at radius 1 is 1.73 bits per heavy atom. The molecule has 0 aliphatic carbocycles. The fourth-order valence-electron chi connectivity index (χ4n) is 1.37. The first-order chi connectivity index (χ1) is 5.27. The molecule has 2 rings (SSSR count). The first-order valence-corrected chi connectivity index (χ1v) is 3.67. The number of aromatic nitrogens is 3. The summed E-state index contributed by atoms with van der Waals surface area (Å²) in [5.41, 5.74) is 5.57. The van der Waals surface area contributed by atoms with Gasteiger partial charge in [0.1, 0.15) is 5.82 Å². The maximum Gasteiger partial charge on any atom is 0.343 e. The highest BCUT2D eigenvalue weighted by Gasteiger charge is 2.17. The van der Waals surface area contributed by atoms with Gasteiger partial charge in [-0.25, -0.2) is 9.89 Å². The Balaban J connectivity index is 2.44. The van der Waals surface area contributed by atoms with Gasteiger partial charge in [-0.2, -0.15) is 5.10 Å². The molecule has 0 saturated heterocycles. The largest absolute Gasteiger partial charge is 0.343 e. The number of hydrogen-bond acceptors (Lipinski definition) is 3. The third-order valence-electron chi connectivity index (χ3n) is 2.01. The third-order valence-corrected chi connectivity index (χ3v) is 2.01. The van der Waals surface area contributed by atoms with Crippen molar-refractivity contribution in [1.29, 1.82) is 0 Å². The van der Waals surface area contributed by atoms with E-state index in [1.165, 1.54) is 0 Å². The van der Waals surface area contributed by atoms with Crippen LogP contribution < -0.4 is 11.4 Å². The van der Waals surface area contributed by atoms with Gasteiger partial charge in [-0.3, -0.25) is 4.57 Å². The molecule has 3 N–H and O–H groups in total. The first-order valence-electron chi connectivity index (χ1n) is 3.67. The van der Waals surface area contributed by atoms with Crippen LogP contribution in [0.5, 0.6) is 0 Å². The van der Waals surface area contributed by atoms with Crippen molar-refractivity contribution in [3.63, 3.8) is 0 Å². The van der Waals surface area contributed by atoms with E-state index in [9.17, 15) is 4.79 Å². The van der Waals surface area contributed by atoms with Gasteiger partial charge in [-0.05, 0) is 6.42 Å². The summed E-state index contributed by atoms with van der Waals surface area (Å²) in [4.78, 5) is 11.0. The van der Waals surface area contributed by atoms with E-state index in [0.29, 0.717) is 13.0 Å². The molecule has 5 heteroatoms. The molecule has 1 aliphatic heterocycles. The molecular formula is C6H10N4O. The Morgan fingerprint density at radius 3 is 3.36 bits per heavy atom. The molecule has 0 bridgehead atoms. The van der Waals surface area contributed by atoms with Gasteiger partial charge in [0.05, 0.1) is 0 Å². The monoisotopic (exact) mass is 154 g/mol. The zero-order valence-electron chi connectivity index (χ0n) is 6.08. The minimum absolute atomic E-state index is 0.119. The van der Waals surface area contributed by atoms with Gasteiger partial charge in [0.15, 0.2) is 0 Å². The minimum atomic E-state index is -0.119. The van der Waals surface area contributed by atoms with E-state index in [1.54, 1.807) is 4.57 Å². The molecule has 1 aromatic heterocycles. The predicted octanol–water partition coefficient (Wildman–Crippen LogP) is -1.16. The van der Waals surface area contributed by atoms with Crippen molar-refractivity contribution in [3.05, 3.63) is 16.3 Å². The minimum Gasteiger partial charge on any atom is -0.327 e. The van der Waals surface area contributed by atoms with Crippen LogP contribution in [0.3, 0.4) is 0 Å². The average Bonchev–Trinajstić information content (AvgIpc) is 2.32. The van der Waals surface area contributed by atoms with Gasteiger partial charge in [-0.15, -0.1) is 0 Å². The molecule has 1 unspecified atom stereocenters. The Bertz CT molecular complexity index is 313. The smallest absolute Gasteiger partial charge is 0.327 e. The Labute approximate surface area is 63.2 Å². The molecule has 0 spiro atoms. The van der Waals surface area contributed by atoms with Gasteiger partial charge in [0.2, 0.25) is 0 Å². The lowest BCUT2D eigenvalue weighted by Crippen LogP contribution is -2.34. The van der Waals surface area contributed by atoms with Crippen molar-refractivity contribution in [3.8, 4) is 0 Å². The second kappa shape index (κ2) is 2.20. The zero-order valence-corrected chi connectivity index (χ0v) is 6.08. The summed E-state index contributed by atoms with van der Waals surface area (Å²) in [6.45, 7) is 0.700. The summed E-state index contributed by atoms with van der Waals surface area (Å²) in [5, 5.41) is 6.25. The van der Waals surface area contributed by atoms with E-state index in [0.717, 1.165) is 12.2 Å². The van der Waals surface area contributed by atoms with Crippen LogP contribution in [-0.2, 0) is 13.0 Å². The molecule has 1 atom stereocenters. The van der Waals surface area contributed by atoms with Crippen molar-refractivity contribution in [2.75, 3.05) is 0 Å². The van der Waals surface area contributed by atoms with Crippen LogP contribution in [-0.4, -0.2) is 20.8 Å². The zero-order chi connectivity index (χ0) is 7.84. The molecular weight excluding hydrogens is 144 g/mol. The number of H-pyrrole nitrogens is 1. The number of nitrogens with two attached hydrogens (primary N) is 1. The van der Waals surface area contributed by atoms with Crippen molar-refractivity contribution < 1.29 is 0 Å². The number of hydrogen-bond donors (Lipinski definition) is 2. The van der Waals surface area contributed by atoms with E-state index >= 15 is 0 Å². The number of nitrogens with one attached hydrogen (secondary N) is 1. The SMILES string of the molecule is NC1CCn2c(n[nH]c2=O)C1. The number of aromatic amines is 1. The van der Waals surface area contributed by atoms with Crippen molar-refractivity contribution in [2.45, 2.75) is 25.4 Å². The molecule has 0 saturated carbocycles. The molecule has 11 heavy (non-hydrogen) atoms. The number of fused-ring (bicyclic) bond motifs is 1. The maximum atomic E-state index is 11.0. The molecule has 60 valence electrons. The predicted molar refractivity (Wildman–Crippen MR) is 39.1 cm³/mol. The summed E-state index contributed by atoms with van der Waals surface area (Å²) in [5.74, 6) is 0.786. The van der Waals surface area contributed by atoms with Gasteiger partial charge in [0.25, 0.3) is 0 Å². The molecule has 2 heterocycles. The van der Waals surface area contributed by atoms with Crippen molar-refractivity contribution in [1.82, 2.24) is 14.8 Å². The van der Waals surface area contributed by atoms with Crippen LogP contribution in [0.25, 0.3) is 0 Å². The topological polar surface area (TPSA) is 76.7 Å². The normalized spacial score (nSPS) is 23.2. The second-order valence-electron chi connectivity index (χ2n) is 2.85. The van der Waals surface area contributed by atoms with Gasteiger partial charge >= 0.3 is 5.69 Å². The van der Waals surface area contributed by atoms with E-state index in [4.69, 9.17) is 5.73 Å². The molecule has 0 fully saturated rings. The third kappa shape index (κ3) is 0.970. The lowest BCUT2D eigenvalue weighted by Gasteiger charge is -2.17. The fourth-order valence-corrected chi connectivity index (χ4v) is 1.37. The van der Waals surface area contributed by atoms with Crippen LogP contribution in [0.1, 0.15) is 12.2 Å².